The molecular weight excluding hydrogens is 315 g/mol. The number of amides is 1. The zero-order valence-electron chi connectivity index (χ0n) is 12.3. The lowest BCUT2D eigenvalue weighted by atomic mass is 10.2. The van der Waals surface area contributed by atoms with Crippen molar-refractivity contribution in [1.29, 1.82) is 0 Å². The van der Waals surface area contributed by atoms with Crippen LogP contribution in [0, 0.1) is 0 Å². The van der Waals surface area contributed by atoms with Gasteiger partial charge < -0.3 is 20.5 Å². The molecule has 1 amide bonds. The van der Waals surface area contributed by atoms with E-state index in [1.807, 2.05) is 13.8 Å². The van der Waals surface area contributed by atoms with Crippen molar-refractivity contribution in [2.75, 3.05) is 24.3 Å². The van der Waals surface area contributed by atoms with E-state index < -0.39 is 6.10 Å². The summed E-state index contributed by atoms with van der Waals surface area (Å²) in [6.07, 6.45) is -0.852. The molecule has 0 fully saturated rings. The molecule has 0 heterocycles. The minimum absolute atomic E-state index is 0.191. The van der Waals surface area contributed by atoms with Gasteiger partial charge in [0.1, 0.15) is 6.10 Å². The summed E-state index contributed by atoms with van der Waals surface area (Å²) < 4.78 is 10.8. The number of hydrogen-bond donors (Lipinski definition) is 2. The maximum atomic E-state index is 12.1. The summed E-state index contributed by atoms with van der Waals surface area (Å²) in [5.41, 5.74) is 6.43. The molecule has 0 aliphatic rings. The number of halogens is 2. The molecule has 0 aliphatic heterocycles. The van der Waals surface area contributed by atoms with Gasteiger partial charge in [0, 0.05) is 11.6 Å². The molecular formula is C14H20Cl2N2O3. The Balaban J connectivity index is 2.64. The van der Waals surface area contributed by atoms with E-state index in [0.29, 0.717) is 29.6 Å². The van der Waals surface area contributed by atoms with Gasteiger partial charge in [0.2, 0.25) is 0 Å². The Morgan fingerprint density at radius 3 is 2.62 bits per heavy atom. The highest BCUT2D eigenvalue weighted by atomic mass is 35.5. The van der Waals surface area contributed by atoms with Crippen LogP contribution < -0.4 is 11.1 Å². The molecule has 0 spiro atoms. The highest BCUT2D eigenvalue weighted by molar-refractivity contribution is 6.37. The fourth-order valence-corrected chi connectivity index (χ4v) is 2.24. The number of nitrogens with two attached hydrogens (primary N) is 1. The minimum atomic E-state index is -0.661. The summed E-state index contributed by atoms with van der Waals surface area (Å²) in [6.45, 7) is 6.41. The molecule has 118 valence electrons. The fourth-order valence-electron chi connectivity index (χ4n) is 1.68. The maximum absolute atomic E-state index is 12.1. The standard InChI is InChI=1S/C14H20Cl2N2O3/c1-4-20-7-8(2)21-9(3)14(19)18-13-11(16)5-10(15)6-12(13)17/h5-6,8-9H,4,7,17H2,1-3H3,(H,18,19). The first-order valence-corrected chi connectivity index (χ1v) is 7.39. The SMILES string of the molecule is CCOCC(C)OC(C)C(=O)Nc1c(N)cc(Cl)cc1Cl. The summed E-state index contributed by atoms with van der Waals surface area (Å²) in [5.74, 6) is -0.339. The summed E-state index contributed by atoms with van der Waals surface area (Å²) >= 11 is 11.8. The third-order valence-electron chi connectivity index (χ3n) is 2.70. The molecule has 2 atom stereocenters. The summed E-state index contributed by atoms with van der Waals surface area (Å²) in [5, 5.41) is 3.33. The minimum Gasteiger partial charge on any atom is -0.397 e. The van der Waals surface area contributed by atoms with Gasteiger partial charge in [-0.05, 0) is 32.9 Å². The topological polar surface area (TPSA) is 73.6 Å². The molecule has 2 unspecified atom stereocenters. The molecule has 0 radical (unpaired) electrons. The lowest BCUT2D eigenvalue weighted by molar-refractivity contribution is -0.131. The highest BCUT2D eigenvalue weighted by Crippen LogP contribution is 2.32. The van der Waals surface area contributed by atoms with Crippen LogP contribution in [-0.4, -0.2) is 31.3 Å². The molecule has 21 heavy (non-hydrogen) atoms. The van der Waals surface area contributed by atoms with Crippen LogP contribution in [0.25, 0.3) is 0 Å². The van der Waals surface area contributed by atoms with Gasteiger partial charge in [-0.15, -0.1) is 0 Å². The van der Waals surface area contributed by atoms with Gasteiger partial charge in [-0.25, -0.2) is 0 Å². The Bertz CT molecular complexity index is 474. The zero-order chi connectivity index (χ0) is 16.0. The van der Waals surface area contributed by atoms with Gasteiger partial charge >= 0.3 is 0 Å². The smallest absolute Gasteiger partial charge is 0.253 e. The Labute approximate surface area is 134 Å². The third kappa shape index (κ3) is 5.71. The van der Waals surface area contributed by atoms with Gasteiger partial charge in [0.25, 0.3) is 5.91 Å². The molecule has 0 bridgehead atoms. The first kappa shape index (κ1) is 18.0. The molecule has 5 nitrogen and oxygen atoms in total. The van der Waals surface area contributed by atoms with E-state index >= 15 is 0 Å². The van der Waals surface area contributed by atoms with Crippen molar-refractivity contribution in [2.45, 2.75) is 33.0 Å². The van der Waals surface area contributed by atoms with Crippen LogP contribution in [0.5, 0.6) is 0 Å². The van der Waals surface area contributed by atoms with Gasteiger partial charge in [0.15, 0.2) is 0 Å². The van der Waals surface area contributed by atoms with Gasteiger partial charge in [-0.3, -0.25) is 4.79 Å². The van der Waals surface area contributed by atoms with Crippen molar-refractivity contribution in [1.82, 2.24) is 0 Å². The second-order valence-corrected chi connectivity index (χ2v) is 5.43. The predicted octanol–water partition coefficient (Wildman–Crippen LogP) is 3.34. The monoisotopic (exact) mass is 334 g/mol. The Morgan fingerprint density at radius 1 is 1.38 bits per heavy atom. The number of anilines is 2. The second kappa shape index (κ2) is 8.44. The molecule has 0 aliphatic carbocycles. The molecule has 7 heteroatoms. The van der Waals surface area contributed by atoms with Crippen molar-refractivity contribution in [3.63, 3.8) is 0 Å². The van der Waals surface area contributed by atoms with Crippen LogP contribution in [0.1, 0.15) is 20.8 Å². The molecule has 1 rings (SSSR count). The maximum Gasteiger partial charge on any atom is 0.253 e. The number of benzene rings is 1. The number of carbonyl (C=O) groups is 1. The largest absolute Gasteiger partial charge is 0.397 e. The lowest BCUT2D eigenvalue weighted by Gasteiger charge is -2.19. The first-order chi connectivity index (χ1) is 9.85. The molecule has 1 aromatic rings. The van der Waals surface area contributed by atoms with E-state index in [4.69, 9.17) is 38.4 Å². The molecule has 1 aromatic carbocycles. The average Bonchev–Trinajstić information content (AvgIpc) is 2.40. The normalized spacial score (nSPS) is 13.8. The third-order valence-corrected chi connectivity index (χ3v) is 3.21. The van der Waals surface area contributed by atoms with Crippen LogP contribution in [0.4, 0.5) is 11.4 Å². The average molecular weight is 335 g/mol. The van der Waals surface area contributed by atoms with E-state index in [0.717, 1.165) is 0 Å². The van der Waals surface area contributed by atoms with Crippen LogP contribution >= 0.6 is 23.2 Å². The predicted molar refractivity (Wildman–Crippen MR) is 86.0 cm³/mol. The molecule has 0 saturated heterocycles. The number of hydrogen-bond acceptors (Lipinski definition) is 4. The number of carbonyl (C=O) groups excluding carboxylic acids is 1. The molecule has 0 saturated carbocycles. The van der Waals surface area contributed by atoms with Crippen molar-refractivity contribution < 1.29 is 14.3 Å². The number of nitrogens with one attached hydrogen (secondary N) is 1. The number of rotatable bonds is 7. The number of nitrogen functional groups attached to an aromatic ring is 1. The first-order valence-electron chi connectivity index (χ1n) is 6.63. The van der Waals surface area contributed by atoms with Gasteiger partial charge in [0.05, 0.1) is 29.1 Å². The summed E-state index contributed by atoms with van der Waals surface area (Å²) in [4.78, 5) is 12.1. The Morgan fingerprint density at radius 2 is 2.05 bits per heavy atom. The van der Waals surface area contributed by atoms with E-state index in [1.54, 1.807) is 6.92 Å². The van der Waals surface area contributed by atoms with Crippen molar-refractivity contribution in [2.24, 2.45) is 0 Å². The van der Waals surface area contributed by atoms with Crippen molar-refractivity contribution in [3.8, 4) is 0 Å². The van der Waals surface area contributed by atoms with Crippen molar-refractivity contribution >= 4 is 40.5 Å². The van der Waals surface area contributed by atoms with Crippen LogP contribution in [-0.2, 0) is 14.3 Å². The lowest BCUT2D eigenvalue weighted by Crippen LogP contribution is -2.32. The fraction of sp³-hybridized carbons (Fsp3) is 0.500. The van der Waals surface area contributed by atoms with E-state index in [2.05, 4.69) is 5.32 Å². The van der Waals surface area contributed by atoms with Gasteiger partial charge in [-0.2, -0.15) is 0 Å². The van der Waals surface area contributed by atoms with E-state index in [-0.39, 0.29) is 17.0 Å². The highest BCUT2D eigenvalue weighted by Gasteiger charge is 2.19. The molecule has 3 N–H and O–H groups in total. The van der Waals surface area contributed by atoms with Crippen molar-refractivity contribution in [3.05, 3.63) is 22.2 Å². The quantitative estimate of drug-likeness (QED) is 0.750. The Hall–Kier alpha value is -1.01. The second-order valence-electron chi connectivity index (χ2n) is 4.59. The van der Waals surface area contributed by atoms with Crippen LogP contribution in [0.15, 0.2) is 12.1 Å². The zero-order valence-corrected chi connectivity index (χ0v) is 13.8. The Kier molecular flexibility index (Phi) is 7.25. The molecule has 0 aromatic heterocycles. The van der Waals surface area contributed by atoms with Crippen LogP contribution in [0.2, 0.25) is 10.0 Å². The van der Waals surface area contributed by atoms with E-state index in [9.17, 15) is 4.79 Å². The van der Waals surface area contributed by atoms with E-state index in [1.165, 1.54) is 12.1 Å². The van der Waals surface area contributed by atoms with Crippen LogP contribution in [0.3, 0.4) is 0 Å². The summed E-state index contributed by atoms with van der Waals surface area (Å²) in [7, 11) is 0. The number of ether oxygens (including phenoxy) is 2. The summed E-state index contributed by atoms with van der Waals surface area (Å²) in [6, 6.07) is 3.03. The van der Waals surface area contributed by atoms with Gasteiger partial charge in [-0.1, -0.05) is 23.2 Å².